The highest BCUT2D eigenvalue weighted by atomic mass is 16.5. The minimum Gasteiger partial charge on any atom is -0.497 e. The van der Waals surface area contributed by atoms with Gasteiger partial charge in [0.25, 0.3) is 5.91 Å². The summed E-state index contributed by atoms with van der Waals surface area (Å²) in [5.74, 6) is 0.466. The van der Waals surface area contributed by atoms with E-state index in [1.165, 1.54) is 5.56 Å². The van der Waals surface area contributed by atoms with E-state index in [4.69, 9.17) is 4.74 Å². The highest BCUT2D eigenvalue weighted by molar-refractivity contribution is 6.04. The number of anilines is 2. The van der Waals surface area contributed by atoms with Crippen molar-refractivity contribution in [1.82, 2.24) is 4.90 Å². The summed E-state index contributed by atoms with van der Waals surface area (Å²) in [4.78, 5) is 29.4. The van der Waals surface area contributed by atoms with Gasteiger partial charge in [-0.05, 0) is 60.9 Å². The zero-order valence-corrected chi connectivity index (χ0v) is 18.4. The van der Waals surface area contributed by atoms with Gasteiger partial charge in [0.2, 0.25) is 0 Å². The van der Waals surface area contributed by atoms with Crippen LogP contribution in [0.25, 0.3) is 0 Å². The van der Waals surface area contributed by atoms with Crippen LogP contribution in [0.2, 0.25) is 0 Å². The summed E-state index contributed by atoms with van der Waals surface area (Å²) in [5, 5.41) is 2.87. The predicted molar refractivity (Wildman–Crippen MR) is 126 cm³/mol. The van der Waals surface area contributed by atoms with Gasteiger partial charge >= 0.3 is 6.03 Å². The second kappa shape index (κ2) is 9.56. The van der Waals surface area contributed by atoms with Crippen LogP contribution in [0.3, 0.4) is 0 Å². The molecule has 1 aliphatic heterocycles. The van der Waals surface area contributed by atoms with Gasteiger partial charge in [-0.2, -0.15) is 0 Å². The molecule has 0 unspecified atom stereocenters. The fourth-order valence-electron chi connectivity index (χ4n) is 3.86. The summed E-state index contributed by atoms with van der Waals surface area (Å²) in [6.45, 7) is 4.07. The lowest BCUT2D eigenvalue weighted by atomic mass is 10.1. The minimum atomic E-state index is -0.212. The number of rotatable bonds is 6. The quantitative estimate of drug-likeness (QED) is 0.594. The fourth-order valence-corrected chi connectivity index (χ4v) is 3.86. The van der Waals surface area contributed by atoms with E-state index in [1.54, 1.807) is 30.2 Å². The molecule has 1 aliphatic rings. The minimum absolute atomic E-state index is 0.00640. The monoisotopic (exact) mass is 429 g/mol. The molecule has 164 valence electrons. The molecule has 0 saturated carbocycles. The third-order valence-electron chi connectivity index (χ3n) is 5.70. The lowest BCUT2D eigenvalue weighted by Crippen LogP contribution is -2.49. The molecule has 1 fully saturated rings. The fraction of sp³-hybridized carbons (Fsp3) is 0.231. The Kier molecular flexibility index (Phi) is 6.40. The number of benzene rings is 3. The Balaban J connectivity index is 1.44. The Morgan fingerprint density at radius 2 is 1.78 bits per heavy atom. The number of urea groups is 1. The van der Waals surface area contributed by atoms with Gasteiger partial charge in [-0.3, -0.25) is 9.69 Å². The molecule has 3 aromatic carbocycles. The molecule has 0 aromatic heterocycles. The number of carbonyl (C=O) groups is 2. The van der Waals surface area contributed by atoms with Crippen LogP contribution >= 0.6 is 0 Å². The van der Waals surface area contributed by atoms with Crippen molar-refractivity contribution in [3.63, 3.8) is 0 Å². The van der Waals surface area contributed by atoms with Gasteiger partial charge in [0.05, 0.1) is 7.11 Å². The second-order valence-electron chi connectivity index (χ2n) is 7.87. The van der Waals surface area contributed by atoms with Crippen molar-refractivity contribution < 1.29 is 14.3 Å². The van der Waals surface area contributed by atoms with Crippen molar-refractivity contribution in [2.45, 2.75) is 19.9 Å². The Morgan fingerprint density at radius 3 is 2.53 bits per heavy atom. The standard InChI is InChI=1S/C26H27N3O3/c1-19-7-3-4-8-21(19)18-28-15-6-16-29(26(28)31)23-13-11-20(12-14-23)25(30)27-22-9-5-10-24(17-22)32-2/h3-5,7-14,17H,6,15-16,18H2,1-2H3,(H,27,30). The lowest BCUT2D eigenvalue weighted by Gasteiger charge is -2.36. The van der Waals surface area contributed by atoms with Crippen molar-refractivity contribution in [2.24, 2.45) is 0 Å². The molecule has 1 saturated heterocycles. The van der Waals surface area contributed by atoms with E-state index < -0.39 is 0 Å². The molecule has 1 N–H and O–H groups in total. The van der Waals surface area contributed by atoms with Crippen molar-refractivity contribution in [1.29, 1.82) is 0 Å². The van der Waals surface area contributed by atoms with E-state index in [1.807, 2.05) is 47.4 Å². The molecule has 1 heterocycles. The Labute approximate surface area is 188 Å². The average Bonchev–Trinajstić information content (AvgIpc) is 2.82. The Morgan fingerprint density at radius 1 is 1.00 bits per heavy atom. The van der Waals surface area contributed by atoms with Crippen LogP contribution in [0.4, 0.5) is 16.2 Å². The molecular formula is C26H27N3O3. The van der Waals surface area contributed by atoms with Crippen LogP contribution in [0.15, 0.2) is 72.8 Å². The number of hydrogen-bond donors (Lipinski definition) is 1. The first kappa shape index (κ1) is 21.4. The molecule has 3 aromatic rings. The summed E-state index contributed by atoms with van der Waals surface area (Å²) in [7, 11) is 1.59. The van der Waals surface area contributed by atoms with Gasteiger partial charge in [-0.15, -0.1) is 0 Å². The summed E-state index contributed by atoms with van der Waals surface area (Å²) in [5.41, 5.74) is 4.33. The largest absolute Gasteiger partial charge is 0.497 e. The molecule has 0 aliphatic carbocycles. The van der Waals surface area contributed by atoms with Gasteiger partial charge in [0.1, 0.15) is 5.75 Å². The third kappa shape index (κ3) is 4.75. The van der Waals surface area contributed by atoms with Gasteiger partial charge < -0.3 is 15.0 Å². The topological polar surface area (TPSA) is 61.9 Å². The van der Waals surface area contributed by atoms with Gasteiger partial charge in [0.15, 0.2) is 0 Å². The summed E-state index contributed by atoms with van der Waals surface area (Å²) in [6.07, 6.45) is 0.899. The van der Waals surface area contributed by atoms with Crippen LogP contribution in [-0.4, -0.2) is 37.0 Å². The van der Waals surface area contributed by atoms with E-state index >= 15 is 0 Å². The van der Waals surface area contributed by atoms with E-state index in [0.29, 0.717) is 30.1 Å². The molecule has 6 heteroatoms. The summed E-state index contributed by atoms with van der Waals surface area (Å²) in [6, 6.07) is 22.5. The molecule has 0 atom stereocenters. The molecule has 0 spiro atoms. The summed E-state index contributed by atoms with van der Waals surface area (Å²) < 4.78 is 5.19. The van der Waals surface area contributed by atoms with Crippen LogP contribution in [0.1, 0.15) is 27.9 Å². The molecule has 6 nitrogen and oxygen atoms in total. The number of methoxy groups -OCH3 is 1. The first-order chi connectivity index (χ1) is 15.5. The summed E-state index contributed by atoms with van der Waals surface area (Å²) >= 11 is 0. The number of hydrogen-bond acceptors (Lipinski definition) is 3. The first-order valence-electron chi connectivity index (χ1n) is 10.7. The van der Waals surface area contributed by atoms with E-state index in [0.717, 1.165) is 24.2 Å². The van der Waals surface area contributed by atoms with Crippen LogP contribution in [0, 0.1) is 6.92 Å². The van der Waals surface area contributed by atoms with Crippen molar-refractivity contribution in [3.8, 4) is 5.75 Å². The van der Waals surface area contributed by atoms with Crippen LogP contribution < -0.4 is 15.0 Å². The van der Waals surface area contributed by atoms with Crippen molar-refractivity contribution in [3.05, 3.63) is 89.5 Å². The molecule has 32 heavy (non-hydrogen) atoms. The Hall–Kier alpha value is -3.80. The third-order valence-corrected chi connectivity index (χ3v) is 5.70. The van der Waals surface area contributed by atoms with Crippen molar-refractivity contribution >= 4 is 23.3 Å². The van der Waals surface area contributed by atoms with Crippen LogP contribution in [0.5, 0.6) is 5.75 Å². The maximum atomic E-state index is 13.1. The maximum Gasteiger partial charge on any atom is 0.324 e. The smallest absolute Gasteiger partial charge is 0.324 e. The first-order valence-corrected chi connectivity index (χ1v) is 10.7. The molecule has 0 bridgehead atoms. The van der Waals surface area contributed by atoms with E-state index in [2.05, 4.69) is 24.4 Å². The maximum absolute atomic E-state index is 13.1. The predicted octanol–water partition coefficient (Wildman–Crippen LogP) is 5.09. The molecule has 4 rings (SSSR count). The SMILES string of the molecule is COc1cccc(NC(=O)c2ccc(N3CCCN(Cc4ccccc4C)C3=O)cc2)c1. The Bertz CT molecular complexity index is 1110. The van der Waals surface area contributed by atoms with E-state index in [9.17, 15) is 9.59 Å². The normalized spacial score (nSPS) is 13.8. The second-order valence-corrected chi connectivity index (χ2v) is 7.87. The molecule has 0 radical (unpaired) electrons. The highest BCUT2D eigenvalue weighted by Gasteiger charge is 2.27. The average molecular weight is 430 g/mol. The number of nitrogens with zero attached hydrogens (tertiary/aromatic N) is 2. The van der Waals surface area contributed by atoms with E-state index in [-0.39, 0.29) is 11.9 Å². The number of aryl methyl sites for hydroxylation is 1. The van der Waals surface area contributed by atoms with Gasteiger partial charge in [-0.25, -0.2) is 4.79 Å². The van der Waals surface area contributed by atoms with Gasteiger partial charge in [0, 0.05) is 42.6 Å². The highest BCUT2D eigenvalue weighted by Crippen LogP contribution is 2.23. The van der Waals surface area contributed by atoms with Crippen molar-refractivity contribution in [2.75, 3.05) is 30.4 Å². The number of amides is 3. The molecule has 3 amide bonds. The number of nitrogens with one attached hydrogen (secondary N) is 1. The zero-order chi connectivity index (χ0) is 22.5. The van der Waals surface area contributed by atoms with Gasteiger partial charge in [-0.1, -0.05) is 30.3 Å². The van der Waals surface area contributed by atoms with Crippen LogP contribution in [-0.2, 0) is 6.54 Å². The zero-order valence-electron chi connectivity index (χ0n) is 18.4. The lowest BCUT2D eigenvalue weighted by molar-refractivity contribution is 0.102. The number of carbonyl (C=O) groups excluding carboxylic acids is 2. The number of ether oxygens (including phenoxy) is 1. The molecular weight excluding hydrogens is 402 g/mol.